The average molecular weight is 588 g/mol. The van der Waals surface area contributed by atoms with Crippen molar-refractivity contribution in [3.05, 3.63) is 64.4 Å². The van der Waals surface area contributed by atoms with Gasteiger partial charge in [0.15, 0.2) is 0 Å². The lowest BCUT2D eigenvalue weighted by atomic mass is 10.1. The van der Waals surface area contributed by atoms with Gasteiger partial charge >= 0.3 is 0 Å². The number of hydrogen-bond acceptors (Lipinski definition) is 7. The molecule has 38 heavy (non-hydrogen) atoms. The minimum absolute atomic E-state index is 0.274. The van der Waals surface area contributed by atoms with Crippen LogP contribution in [0.15, 0.2) is 53.7 Å². The van der Waals surface area contributed by atoms with Crippen molar-refractivity contribution in [3.63, 3.8) is 0 Å². The van der Waals surface area contributed by atoms with Gasteiger partial charge in [-0.05, 0) is 39.0 Å². The minimum Gasteiger partial charge on any atom is -0.495 e. The van der Waals surface area contributed by atoms with Gasteiger partial charge in [-0.3, -0.25) is 4.99 Å². The van der Waals surface area contributed by atoms with Crippen LogP contribution in [0.3, 0.4) is 0 Å². The maximum atomic E-state index is 11.8. The summed E-state index contributed by atoms with van der Waals surface area (Å²) in [6, 6.07) is 5.25. The van der Waals surface area contributed by atoms with Crippen molar-refractivity contribution in [2.45, 2.75) is 64.2 Å². The first kappa shape index (κ1) is 30.6. The molecule has 0 radical (unpaired) electrons. The van der Waals surface area contributed by atoms with Gasteiger partial charge in [0.05, 0.1) is 42.1 Å². The zero-order chi connectivity index (χ0) is 27.8. The third-order valence-corrected chi connectivity index (χ3v) is 8.39. The second kappa shape index (κ2) is 13.9. The molecule has 0 amide bonds. The third-order valence-electron chi connectivity index (χ3n) is 6.00. The number of ether oxygens (including phenoxy) is 3. The summed E-state index contributed by atoms with van der Waals surface area (Å²) >= 11 is 12.6. The fourth-order valence-electron chi connectivity index (χ4n) is 3.81. The second-order valence-electron chi connectivity index (χ2n) is 9.31. The highest BCUT2D eigenvalue weighted by molar-refractivity contribution is 7.90. The molecular weight excluding hydrogens is 551 g/mol. The minimum atomic E-state index is -3.28. The highest BCUT2D eigenvalue weighted by Crippen LogP contribution is 2.40. The molecule has 12 heteroatoms. The molecule has 0 saturated carbocycles. The number of nitrogens with one attached hydrogen (secondary N) is 1. The number of aromatic nitrogens is 2. The van der Waals surface area contributed by atoms with Crippen molar-refractivity contribution >= 4 is 38.9 Å². The average Bonchev–Trinajstić information content (AvgIpc) is 3.52. The van der Waals surface area contributed by atoms with E-state index < -0.39 is 21.1 Å². The van der Waals surface area contributed by atoms with Gasteiger partial charge in [-0.2, -0.15) is 0 Å². The quantitative estimate of drug-likeness (QED) is 0.191. The van der Waals surface area contributed by atoms with E-state index in [2.05, 4.69) is 14.7 Å². The smallest absolute Gasteiger partial charge is 0.215 e. The molecule has 210 valence electrons. The lowest BCUT2D eigenvalue weighted by Gasteiger charge is -2.30. The van der Waals surface area contributed by atoms with Crippen LogP contribution in [-0.4, -0.2) is 61.3 Å². The molecule has 0 bridgehead atoms. The Morgan fingerprint density at radius 1 is 1.39 bits per heavy atom. The summed E-state index contributed by atoms with van der Waals surface area (Å²) in [6.07, 6.45) is 8.21. The van der Waals surface area contributed by atoms with Crippen molar-refractivity contribution in [3.8, 4) is 0 Å². The third kappa shape index (κ3) is 8.53. The Bertz CT molecular complexity index is 1220. The van der Waals surface area contributed by atoms with Crippen molar-refractivity contribution in [2.75, 3.05) is 26.3 Å². The van der Waals surface area contributed by atoms with Gasteiger partial charge in [-0.1, -0.05) is 36.2 Å². The second-order valence-corrected chi connectivity index (χ2v) is 12.5. The predicted octanol–water partition coefficient (Wildman–Crippen LogP) is 4.95. The van der Waals surface area contributed by atoms with Crippen LogP contribution in [-0.2, 0) is 36.6 Å². The summed E-state index contributed by atoms with van der Waals surface area (Å²) in [4.78, 5) is 8.56. The number of sulfonamides is 1. The number of imidazole rings is 1. The van der Waals surface area contributed by atoms with Gasteiger partial charge in [0.2, 0.25) is 15.8 Å². The van der Waals surface area contributed by atoms with Crippen LogP contribution in [0.5, 0.6) is 0 Å². The molecule has 1 aromatic heterocycles. The number of hydrogen-bond donors (Lipinski definition) is 1. The summed E-state index contributed by atoms with van der Waals surface area (Å²) in [7, 11) is -3.28. The van der Waals surface area contributed by atoms with E-state index in [1.165, 1.54) is 0 Å². The molecule has 1 saturated heterocycles. The first-order valence-corrected chi connectivity index (χ1v) is 14.9. The molecule has 0 aliphatic carbocycles. The Kier molecular flexibility index (Phi) is 11.2. The fraction of sp³-hybridized carbons (Fsp3) is 0.538. The zero-order valence-electron chi connectivity index (χ0n) is 22.2. The lowest BCUT2D eigenvalue weighted by Crippen LogP contribution is -2.34. The number of halogens is 2. The first-order valence-electron chi connectivity index (χ1n) is 12.6. The van der Waals surface area contributed by atoms with Crippen LogP contribution >= 0.6 is 23.2 Å². The van der Waals surface area contributed by atoms with Crippen LogP contribution in [0.25, 0.3) is 0 Å². The SMILES string of the molecule is CC/C(=C\CC(C)=NCCNS(=O)(=O)C(C)C)OCC1COC(Cn2ccnc2)(c2ccc(Cl)cc2Cl)O1. The maximum Gasteiger partial charge on any atom is 0.215 e. The van der Waals surface area contributed by atoms with Crippen molar-refractivity contribution in [1.82, 2.24) is 14.3 Å². The van der Waals surface area contributed by atoms with Crippen LogP contribution < -0.4 is 4.72 Å². The summed E-state index contributed by atoms with van der Waals surface area (Å²) in [5.74, 6) is -0.285. The number of benzene rings is 1. The normalized spacial score (nSPS) is 20.9. The molecule has 9 nitrogen and oxygen atoms in total. The van der Waals surface area contributed by atoms with E-state index in [1.807, 2.05) is 36.8 Å². The van der Waals surface area contributed by atoms with Gasteiger partial charge in [-0.15, -0.1) is 0 Å². The standard InChI is InChI=1S/C26H36Cl2N4O5S/c1-5-22(8-6-20(4)30-10-11-31-38(33,34)19(2)3)35-15-23-16-36-26(37-23,17-32-13-12-29-18-32)24-9-7-21(27)14-25(24)28/h7-9,12-14,18-19,23,31H,5-6,10-11,15-17H2,1-4H3/b22-8+,30-20?. The topological polar surface area (TPSA) is 104 Å². The number of nitrogens with zero attached hydrogens (tertiary/aromatic N) is 3. The Hall–Kier alpha value is -1.95. The molecule has 1 aliphatic rings. The summed E-state index contributed by atoms with van der Waals surface area (Å²) in [5.41, 5.74) is 1.58. The van der Waals surface area contributed by atoms with Crippen molar-refractivity contribution in [1.29, 1.82) is 0 Å². The van der Waals surface area contributed by atoms with Crippen LogP contribution in [0.2, 0.25) is 10.0 Å². The van der Waals surface area contributed by atoms with Gasteiger partial charge < -0.3 is 18.8 Å². The van der Waals surface area contributed by atoms with Crippen molar-refractivity contribution in [2.24, 2.45) is 4.99 Å². The number of rotatable bonds is 14. The molecule has 0 spiro atoms. The van der Waals surface area contributed by atoms with Gasteiger partial charge in [0.1, 0.15) is 12.7 Å². The molecule has 2 atom stereocenters. The predicted molar refractivity (Wildman–Crippen MR) is 150 cm³/mol. The molecule has 1 aliphatic heterocycles. The Labute approximate surface area is 235 Å². The van der Waals surface area contributed by atoms with Crippen LogP contribution in [0, 0.1) is 0 Å². The monoisotopic (exact) mass is 586 g/mol. The highest BCUT2D eigenvalue weighted by atomic mass is 35.5. The highest BCUT2D eigenvalue weighted by Gasteiger charge is 2.45. The van der Waals surface area contributed by atoms with Gasteiger partial charge in [0, 0.05) is 48.1 Å². The summed E-state index contributed by atoms with van der Waals surface area (Å²) in [5, 5.41) is 0.524. The summed E-state index contributed by atoms with van der Waals surface area (Å²) in [6.45, 7) is 8.87. The fourth-order valence-corrected chi connectivity index (χ4v) is 5.07. The first-order chi connectivity index (χ1) is 18.0. The van der Waals surface area contributed by atoms with E-state index in [4.69, 9.17) is 37.4 Å². The number of allylic oxidation sites excluding steroid dienone is 2. The Balaban J connectivity index is 1.58. The molecular formula is C26H36Cl2N4O5S. The molecule has 2 unspecified atom stereocenters. The lowest BCUT2D eigenvalue weighted by molar-refractivity contribution is -0.190. The molecule has 1 N–H and O–H groups in total. The molecule has 3 rings (SSSR count). The van der Waals surface area contributed by atoms with Crippen LogP contribution in [0.4, 0.5) is 0 Å². The van der Waals surface area contributed by atoms with Gasteiger partial charge in [-0.25, -0.2) is 18.1 Å². The van der Waals surface area contributed by atoms with Gasteiger partial charge in [0.25, 0.3) is 0 Å². The van der Waals surface area contributed by atoms with Crippen LogP contribution in [0.1, 0.15) is 46.1 Å². The van der Waals surface area contributed by atoms with E-state index in [0.29, 0.717) is 54.8 Å². The van der Waals surface area contributed by atoms with Crippen molar-refractivity contribution < 1.29 is 22.6 Å². The Morgan fingerprint density at radius 2 is 2.18 bits per heavy atom. The Morgan fingerprint density at radius 3 is 2.84 bits per heavy atom. The van der Waals surface area contributed by atoms with E-state index in [1.54, 1.807) is 38.5 Å². The summed E-state index contributed by atoms with van der Waals surface area (Å²) < 4.78 is 46.8. The van der Waals surface area contributed by atoms with E-state index in [9.17, 15) is 8.42 Å². The van der Waals surface area contributed by atoms with E-state index >= 15 is 0 Å². The van der Waals surface area contributed by atoms with E-state index in [0.717, 1.165) is 11.5 Å². The molecule has 2 aromatic rings. The maximum absolute atomic E-state index is 11.8. The largest absolute Gasteiger partial charge is 0.495 e. The van der Waals surface area contributed by atoms with E-state index in [-0.39, 0.29) is 12.6 Å². The zero-order valence-corrected chi connectivity index (χ0v) is 24.5. The molecule has 2 heterocycles. The molecule has 1 fully saturated rings. The molecule has 1 aromatic carbocycles. The number of aliphatic imine (C=N–C) groups is 1.